The minimum Gasteiger partial charge on any atom is -0.369 e. The first-order valence-corrected chi connectivity index (χ1v) is 7.73. The summed E-state index contributed by atoms with van der Waals surface area (Å²) in [6, 6.07) is 22.6. The summed E-state index contributed by atoms with van der Waals surface area (Å²) in [5.41, 5.74) is 2.92. The molecule has 0 aromatic heterocycles. The van der Waals surface area contributed by atoms with E-state index in [1.54, 1.807) is 0 Å². The van der Waals surface area contributed by atoms with Crippen LogP contribution in [0.1, 0.15) is 36.1 Å². The fraction of sp³-hybridized carbons (Fsp3) is 0.368. The molecule has 0 radical (unpaired) electrons. The number of hydrogen-bond acceptors (Lipinski definition) is 2. The zero-order valence-corrected chi connectivity index (χ0v) is 12.4. The van der Waals surface area contributed by atoms with Crippen molar-refractivity contribution in [3.63, 3.8) is 0 Å². The largest absolute Gasteiger partial charge is 0.369 e. The molecular formula is C19H21NO. The molecule has 1 spiro atoms. The topological polar surface area (TPSA) is 15.8 Å². The van der Waals surface area contributed by atoms with Crippen LogP contribution >= 0.6 is 0 Å². The van der Waals surface area contributed by atoms with E-state index >= 15 is 0 Å². The molecular weight excluding hydrogens is 258 g/mol. The molecule has 0 aliphatic carbocycles. The van der Waals surface area contributed by atoms with Gasteiger partial charge in [-0.25, -0.2) is 0 Å². The van der Waals surface area contributed by atoms with Gasteiger partial charge in [-0.2, -0.15) is 0 Å². The Morgan fingerprint density at radius 2 is 1.29 bits per heavy atom. The van der Waals surface area contributed by atoms with E-state index in [9.17, 15) is 0 Å². The molecule has 2 nitrogen and oxygen atoms in total. The maximum Gasteiger partial charge on any atom is 0.0952 e. The Labute approximate surface area is 126 Å². The summed E-state index contributed by atoms with van der Waals surface area (Å²) in [6.07, 6.45) is 2.22. The van der Waals surface area contributed by atoms with Gasteiger partial charge in [-0.15, -0.1) is 0 Å². The number of rotatable bonds is 2. The van der Waals surface area contributed by atoms with E-state index < -0.39 is 0 Å². The first kappa shape index (κ1) is 13.1. The van der Waals surface area contributed by atoms with Crippen molar-refractivity contribution in [3.05, 3.63) is 71.8 Å². The van der Waals surface area contributed by atoms with Crippen molar-refractivity contribution >= 4 is 0 Å². The summed E-state index contributed by atoms with van der Waals surface area (Å²) in [4.78, 5) is 2.53. The highest BCUT2D eigenvalue weighted by Crippen LogP contribution is 2.52. The van der Waals surface area contributed by atoms with E-state index in [4.69, 9.17) is 4.74 Å². The van der Waals surface area contributed by atoms with Gasteiger partial charge in [0.1, 0.15) is 0 Å². The maximum absolute atomic E-state index is 5.86. The highest BCUT2D eigenvalue weighted by atomic mass is 16.6. The molecule has 2 heterocycles. The molecule has 2 heteroatoms. The molecule has 0 bridgehead atoms. The van der Waals surface area contributed by atoms with Crippen LogP contribution < -0.4 is 0 Å². The number of ether oxygens (including phenoxy) is 1. The molecule has 4 rings (SSSR count). The number of benzene rings is 2. The third kappa shape index (κ3) is 2.39. The van der Waals surface area contributed by atoms with Crippen LogP contribution in [0.4, 0.5) is 0 Å². The van der Waals surface area contributed by atoms with Crippen LogP contribution in [-0.2, 0) is 4.74 Å². The molecule has 2 fully saturated rings. The molecule has 21 heavy (non-hydrogen) atoms. The predicted octanol–water partition coefficient (Wildman–Crippen LogP) is 3.96. The van der Waals surface area contributed by atoms with Gasteiger partial charge in [0.05, 0.1) is 12.2 Å². The predicted molar refractivity (Wildman–Crippen MR) is 84.0 cm³/mol. The van der Waals surface area contributed by atoms with E-state index in [-0.39, 0.29) is 5.60 Å². The van der Waals surface area contributed by atoms with Gasteiger partial charge in [0.2, 0.25) is 0 Å². The lowest BCUT2D eigenvalue weighted by Crippen LogP contribution is -2.40. The molecule has 1 unspecified atom stereocenters. The average Bonchev–Trinajstić information content (AvgIpc) is 3.30. The summed E-state index contributed by atoms with van der Waals surface area (Å²) >= 11 is 0. The summed E-state index contributed by atoms with van der Waals surface area (Å²) in [7, 11) is 2.25. The number of likely N-dealkylation sites (tertiary alicyclic amines) is 1. The molecule has 108 valence electrons. The Bertz CT molecular complexity index is 554. The van der Waals surface area contributed by atoms with Crippen molar-refractivity contribution < 1.29 is 4.74 Å². The van der Waals surface area contributed by atoms with Crippen molar-refractivity contribution in [1.29, 1.82) is 0 Å². The number of epoxide rings is 1. The number of hydrogen-bond donors (Lipinski definition) is 0. The quantitative estimate of drug-likeness (QED) is 0.773. The van der Waals surface area contributed by atoms with Crippen molar-refractivity contribution in [2.75, 3.05) is 13.7 Å². The van der Waals surface area contributed by atoms with E-state index in [2.05, 4.69) is 72.6 Å². The molecule has 2 saturated heterocycles. The second-order valence-electron chi connectivity index (χ2n) is 6.40. The van der Waals surface area contributed by atoms with Gasteiger partial charge < -0.3 is 4.74 Å². The van der Waals surface area contributed by atoms with E-state index in [1.165, 1.54) is 11.1 Å². The fourth-order valence-corrected chi connectivity index (χ4v) is 3.69. The highest BCUT2D eigenvalue weighted by molar-refractivity contribution is 5.27. The van der Waals surface area contributed by atoms with Gasteiger partial charge in [0.25, 0.3) is 0 Å². The van der Waals surface area contributed by atoms with Crippen LogP contribution in [0.15, 0.2) is 60.7 Å². The van der Waals surface area contributed by atoms with Gasteiger partial charge >= 0.3 is 0 Å². The second-order valence-corrected chi connectivity index (χ2v) is 6.40. The normalized spacial score (nSPS) is 32.2. The first-order valence-electron chi connectivity index (χ1n) is 7.73. The van der Waals surface area contributed by atoms with Gasteiger partial charge in [0, 0.05) is 12.1 Å². The zero-order valence-electron chi connectivity index (χ0n) is 12.4. The van der Waals surface area contributed by atoms with Crippen LogP contribution in [-0.4, -0.2) is 24.2 Å². The van der Waals surface area contributed by atoms with Crippen molar-refractivity contribution in [2.24, 2.45) is 0 Å². The lowest BCUT2D eigenvalue weighted by molar-refractivity contribution is 0.0553. The Hall–Kier alpha value is -1.64. The number of piperidine rings is 1. The van der Waals surface area contributed by atoms with E-state index in [1.807, 2.05) is 0 Å². The van der Waals surface area contributed by atoms with E-state index in [0.29, 0.717) is 12.1 Å². The van der Waals surface area contributed by atoms with Crippen LogP contribution in [0.5, 0.6) is 0 Å². The van der Waals surface area contributed by atoms with Gasteiger partial charge in [-0.3, -0.25) is 4.90 Å². The third-order valence-corrected chi connectivity index (χ3v) is 5.04. The summed E-state index contributed by atoms with van der Waals surface area (Å²) in [5.74, 6) is 0. The van der Waals surface area contributed by atoms with Crippen LogP contribution in [0, 0.1) is 0 Å². The molecule has 0 N–H and O–H groups in total. The summed E-state index contributed by atoms with van der Waals surface area (Å²) < 4.78 is 5.86. The molecule has 2 aliphatic rings. The van der Waals surface area contributed by atoms with Gasteiger partial charge in [-0.1, -0.05) is 60.7 Å². The van der Waals surface area contributed by atoms with Crippen molar-refractivity contribution in [3.8, 4) is 0 Å². The van der Waals surface area contributed by atoms with Crippen molar-refractivity contribution in [2.45, 2.75) is 30.5 Å². The van der Waals surface area contributed by atoms with Gasteiger partial charge in [0.15, 0.2) is 0 Å². The Morgan fingerprint density at radius 1 is 0.857 bits per heavy atom. The summed E-state index contributed by atoms with van der Waals surface area (Å²) in [5, 5.41) is 0. The minimum atomic E-state index is 0.119. The standard InChI is InChI=1S/C19H21NO/c1-20-17(15-8-4-2-5-9-15)12-19(14-21-19)13-18(20)16-10-6-3-7-11-16/h2-11,17-18H,12-14H2,1H3/t17-,18+,19?. The molecule has 2 aliphatic heterocycles. The van der Waals surface area contributed by atoms with Gasteiger partial charge in [-0.05, 0) is 31.0 Å². The monoisotopic (exact) mass is 279 g/mol. The smallest absolute Gasteiger partial charge is 0.0952 e. The third-order valence-electron chi connectivity index (χ3n) is 5.04. The lowest BCUT2D eigenvalue weighted by atomic mass is 9.81. The lowest BCUT2D eigenvalue weighted by Gasteiger charge is -2.43. The first-order chi connectivity index (χ1) is 10.3. The Balaban J connectivity index is 1.69. The maximum atomic E-state index is 5.86. The number of nitrogens with zero attached hydrogens (tertiary/aromatic N) is 1. The second kappa shape index (κ2) is 4.97. The zero-order chi connectivity index (χ0) is 14.3. The van der Waals surface area contributed by atoms with Crippen LogP contribution in [0.3, 0.4) is 0 Å². The van der Waals surface area contributed by atoms with Crippen molar-refractivity contribution in [1.82, 2.24) is 4.90 Å². The Morgan fingerprint density at radius 3 is 1.67 bits per heavy atom. The molecule has 0 saturated carbocycles. The van der Waals surface area contributed by atoms with Crippen LogP contribution in [0.2, 0.25) is 0 Å². The summed E-state index contributed by atoms with van der Waals surface area (Å²) in [6.45, 7) is 0.924. The molecule has 3 atom stereocenters. The fourth-order valence-electron chi connectivity index (χ4n) is 3.69. The van der Waals surface area contributed by atoms with E-state index in [0.717, 1.165) is 19.4 Å². The minimum absolute atomic E-state index is 0.119. The molecule has 2 aromatic rings. The highest BCUT2D eigenvalue weighted by Gasteiger charge is 2.53. The van der Waals surface area contributed by atoms with Crippen LogP contribution in [0.25, 0.3) is 0 Å². The molecule has 0 amide bonds. The SMILES string of the molecule is CN1[C@@H](c2ccccc2)CC2(CO2)C[C@H]1c1ccccc1. The molecule has 2 aromatic carbocycles. The average molecular weight is 279 g/mol. The Kier molecular flexibility index (Phi) is 3.09.